The Morgan fingerprint density at radius 3 is 2.32 bits per heavy atom. The van der Waals surface area contributed by atoms with E-state index in [2.05, 4.69) is 12.6 Å². The largest absolute Gasteiger partial charge is 0.521 e. The number of quaternary nitrogens is 1. The first-order valence-electron chi connectivity index (χ1n) is 9.47. The maximum absolute atomic E-state index is 12.8. The molecule has 148 valence electrons. The number of carbonyl (C=O) groups is 2. The quantitative estimate of drug-likeness (QED) is 0.574. The lowest BCUT2D eigenvalue weighted by Crippen LogP contribution is -2.61. The molecular weight excluding hydrogens is 374 g/mol. The van der Waals surface area contributed by atoms with Gasteiger partial charge in [0.25, 0.3) is 0 Å². The van der Waals surface area contributed by atoms with Crippen molar-refractivity contribution in [3.05, 3.63) is 54.6 Å². The zero-order valence-electron chi connectivity index (χ0n) is 16.1. The molecule has 1 aliphatic heterocycles. The molecule has 0 bridgehead atoms. The van der Waals surface area contributed by atoms with Crippen LogP contribution in [0.15, 0.2) is 54.6 Å². The fraction of sp³-hybridized carbons (Fsp3) is 0.364. The average Bonchev–Trinajstić information content (AvgIpc) is 3.04. The van der Waals surface area contributed by atoms with Gasteiger partial charge in [-0.3, -0.25) is 0 Å². The number of benzene rings is 2. The van der Waals surface area contributed by atoms with Crippen LogP contribution in [-0.2, 0) is 4.79 Å². The number of likely N-dealkylation sites (tertiary alicyclic amines) is 1. The monoisotopic (exact) mass is 400 g/mol. The highest BCUT2D eigenvalue weighted by Gasteiger charge is 2.58. The second-order valence-corrected chi connectivity index (χ2v) is 7.84. The van der Waals surface area contributed by atoms with Gasteiger partial charge in [-0.2, -0.15) is 21.9 Å². The summed E-state index contributed by atoms with van der Waals surface area (Å²) in [7, 11) is 0. The van der Waals surface area contributed by atoms with Gasteiger partial charge in [0, 0.05) is 12.2 Å². The molecule has 0 aromatic heterocycles. The van der Waals surface area contributed by atoms with Gasteiger partial charge in [0.1, 0.15) is 18.3 Å². The van der Waals surface area contributed by atoms with Crippen molar-refractivity contribution in [2.75, 3.05) is 12.3 Å². The number of imide groups is 1. The highest BCUT2D eigenvalue weighted by atomic mass is 32.1. The van der Waals surface area contributed by atoms with Crippen LogP contribution < -0.4 is 4.74 Å². The van der Waals surface area contributed by atoms with Crippen molar-refractivity contribution in [2.24, 2.45) is 5.92 Å². The topological polar surface area (TPSA) is 63.6 Å². The van der Waals surface area contributed by atoms with Gasteiger partial charge in [0.05, 0.1) is 5.92 Å². The van der Waals surface area contributed by atoms with E-state index in [9.17, 15) is 14.7 Å². The van der Waals surface area contributed by atoms with Gasteiger partial charge in [0.15, 0.2) is 6.10 Å². The standard InChI is InChI=1S/C22H25NO4S/c1-15(14-28)21(24)23(22(25)26)13-20(12-16(23)2)27-19-10-8-18(9-11-19)17-6-4-3-5-7-17/h3-11,15-16,20H,12-14H2,1-2H3,(H-,25,26,28)/p+1/t15?,16-,20-,23-/m1/s1. The summed E-state index contributed by atoms with van der Waals surface area (Å²) >= 11 is 4.17. The number of carbonyl (C=O) groups excluding carboxylic acids is 1. The van der Waals surface area contributed by atoms with E-state index < -0.39 is 16.5 Å². The molecule has 0 radical (unpaired) electrons. The molecule has 1 heterocycles. The number of nitrogens with zero attached hydrogens (tertiary/aromatic N) is 1. The lowest BCUT2D eigenvalue weighted by Gasteiger charge is -2.31. The second-order valence-electron chi connectivity index (χ2n) is 7.47. The van der Waals surface area contributed by atoms with Crippen LogP contribution in [0.1, 0.15) is 20.3 Å². The van der Waals surface area contributed by atoms with Crippen molar-refractivity contribution in [1.82, 2.24) is 0 Å². The van der Waals surface area contributed by atoms with E-state index in [1.807, 2.05) is 54.6 Å². The Bertz CT molecular complexity index is 839. The number of amides is 2. The van der Waals surface area contributed by atoms with E-state index in [0.29, 0.717) is 17.9 Å². The number of hydrogen-bond donors (Lipinski definition) is 2. The van der Waals surface area contributed by atoms with E-state index in [1.165, 1.54) is 0 Å². The first-order valence-corrected chi connectivity index (χ1v) is 10.1. The summed E-state index contributed by atoms with van der Waals surface area (Å²) < 4.78 is 5.47. The summed E-state index contributed by atoms with van der Waals surface area (Å²) in [6.07, 6.45) is -0.931. The minimum absolute atomic E-state index is 0.133. The molecule has 1 N–H and O–H groups in total. The Kier molecular flexibility index (Phi) is 6.10. The van der Waals surface area contributed by atoms with Crippen molar-refractivity contribution in [1.29, 1.82) is 0 Å². The first-order chi connectivity index (χ1) is 13.4. The fourth-order valence-corrected chi connectivity index (χ4v) is 4.07. The summed E-state index contributed by atoms with van der Waals surface area (Å²) in [5.41, 5.74) is 2.21. The zero-order valence-corrected chi connectivity index (χ0v) is 17.0. The van der Waals surface area contributed by atoms with Gasteiger partial charge in [-0.15, -0.1) is 0 Å². The molecule has 1 fully saturated rings. The van der Waals surface area contributed by atoms with Crippen LogP contribution in [-0.4, -0.2) is 46.0 Å². The predicted octanol–water partition coefficient (Wildman–Crippen LogP) is 4.48. The van der Waals surface area contributed by atoms with E-state index in [1.54, 1.807) is 13.8 Å². The fourth-order valence-electron chi connectivity index (χ4n) is 3.91. The summed E-state index contributed by atoms with van der Waals surface area (Å²) in [5, 5.41) is 9.87. The molecule has 0 saturated carbocycles. The number of carboxylic acid groups (broad SMARTS) is 1. The minimum Gasteiger partial charge on any atom is -0.484 e. The molecule has 1 saturated heterocycles. The van der Waals surface area contributed by atoms with Gasteiger partial charge in [-0.1, -0.05) is 42.5 Å². The number of ether oxygens (including phenoxy) is 1. The summed E-state index contributed by atoms with van der Waals surface area (Å²) in [5.74, 6) is 0.272. The van der Waals surface area contributed by atoms with Crippen molar-refractivity contribution >= 4 is 24.6 Å². The van der Waals surface area contributed by atoms with Crippen molar-refractivity contribution in [3.8, 4) is 16.9 Å². The van der Waals surface area contributed by atoms with Crippen LogP contribution in [0.25, 0.3) is 11.1 Å². The zero-order chi connectivity index (χ0) is 20.3. The molecule has 0 aliphatic carbocycles. The maximum atomic E-state index is 12.8. The predicted molar refractivity (Wildman–Crippen MR) is 112 cm³/mol. The van der Waals surface area contributed by atoms with E-state index >= 15 is 0 Å². The van der Waals surface area contributed by atoms with Crippen LogP contribution in [0.4, 0.5) is 4.79 Å². The Morgan fingerprint density at radius 2 is 1.75 bits per heavy atom. The van der Waals surface area contributed by atoms with Crippen LogP contribution >= 0.6 is 12.6 Å². The summed E-state index contributed by atoms with van der Waals surface area (Å²) in [6, 6.07) is 17.4. The first kappa shape index (κ1) is 20.4. The van der Waals surface area contributed by atoms with Crippen molar-refractivity contribution in [3.63, 3.8) is 0 Å². The summed E-state index contributed by atoms with van der Waals surface area (Å²) in [4.78, 5) is 24.9. The third-order valence-corrected chi connectivity index (χ3v) is 6.09. The summed E-state index contributed by atoms with van der Waals surface area (Å²) in [6.45, 7) is 3.66. The molecule has 5 nitrogen and oxygen atoms in total. The number of hydrogen-bond acceptors (Lipinski definition) is 4. The average molecular weight is 401 g/mol. The smallest absolute Gasteiger partial charge is 0.484 e. The molecule has 2 aromatic rings. The number of rotatable bonds is 5. The Balaban J connectivity index is 1.75. The molecule has 2 amide bonds. The molecule has 3 rings (SSSR count). The molecule has 2 aromatic carbocycles. The van der Waals surface area contributed by atoms with E-state index in [-0.39, 0.29) is 24.6 Å². The Hall–Kier alpha value is -2.31. The Labute approximate surface area is 170 Å². The third kappa shape index (κ3) is 3.80. The second kappa shape index (κ2) is 8.37. The van der Waals surface area contributed by atoms with Crippen LogP contribution in [0.3, 0.4) is 0 Å². The maximum Gasteiger partial charge on any atom is 0.521 e. The molecule has 4 atom stereocenters. The van der Waals surface area contributed by atoms with Crippen LogP contribution in [0.5, 0.6) is 5.75 Å². The molecule has 28 heavy (non-hydrogen) atoms. The highest BCUT2D eigenvalue weighted by molar-refractivity contribution is 7.80. The Morgan fingerprint density at radius 1 is 1.14 bits per heavy atom. The molecule has 1 unspecified atom stereocenters. The van der Waals surface area contributed by atoms with E-state index in [4.69, 9.17) is 4.74 Å². The number of thiol groups is 1. The van der Waals surface area contributed by atoms with Gasteiger partial charge in [0.2, 0.25) is 0 Å². The third-order valence-electron chi connectivity index (χ3n) is 5.54. The highest BCUT2D eigenvalue weighted by Crippen LogP contribution is 2.33. The van der Waals surface area contributed by atoms with Gasteiger partial charge >= 0.3 is 12.0 Å². The lowest BCUT2D eigenvalue weighted by molar-refractivity contribution is -0.795. The molecular formula is C22H26NO4S+. The lowest BCUT2D eigenvalue weighted by atomic mass is 10.1. The van der Waals surface area contributed by atoms with Gasteiger partial charge in [-0.25, -0.2) is 4.79 Å². The van der Waals surface area contributed by atoms with Crippen molar-refractivity contribution < 1.29 is 23.9 Å². The van der Waals surface area contributed by atoms with Crippen LogP contribution in [0.2, 0.25) is 0 Å². The van der Waals surface area contributed by atoms with Crippen molar-refractivity contribution in [2.45, 2.75) is 32.4 Å². The SMILES string of the molecule is CC(CS)C(=O)[N@@+]1(C(=O)O)C[C@H](Oc2ccc(-c3ccccc3)cc2)C[C@H]1C. The van der Waals surface area contributed by atoms with Gasteiger partial charge < -0.3 is 9.84 Å². The molecule has 6 heteroatoms. The van der Waals surface area contributed by atoms with Crippen LogP contribution in [0, 0.1) is 5.92 Å². The van der Waals surface area contributed by atoms with Gasteiger partial charge in [-0.05, 0) is 37.1 Å². The molecule has 0 spiro atoms. The normalized spacial score (nSPS) is 25.2. The van der Waals surface area contributed by atoms with E-state index in [0.717, 1.165) is 11.1 Å². The molecule has 1 aliphatic rings. The minimum atomic E-state index is -1.11.